The van der Waals surface area contributed by atoms with Crippen molar-refractivity contribution in [3.05, 3.63) is 33.8 Å². The van der Waals surface area contributed by atoms with Gasteiger partial charge in [0.15, 0.2) is 0 Å². The molecule has 1 aromatic carbocycles. The second kappa shape index (κ2) is 6.75. The molecule has 0 heterocycles. The molecule has 2 rings (SSSR count). The maximum absolute atomic E-state index is 12.9. The molecule has 1 saturated carbocycles. The lowest BCUT2D eigenvalue weighted by molar-refractivity contribution is 0.0654. The molecule has 1 aliphatic rings. The summed E-state index contributed by atoms with van der Waals surface area (Å²) >= 11 is 3.48. The van der Waals surface area contributed by atoms with Gasteiger partial charge in [0.05, 0.1) is 0 Å². The Hall–Kier alpha value is -0.830. The van der Waals surface area contributed by atoms with Crippen LogP contribution >= 0.6 is 15.9 Å². The number of amides is 1. The van der Waals surface area contributed by atoms with Crippen molar-refractivity contribution < 1.29 is 4.79 Å². The summed E-state index contributed by atoms with van der Waals surface area (Å²) in [7, 11) is 0. The SMILES string of the molecule is Cc1ccc(Br)cc1C(=O)N(CC(C)C)C1CCCC1. The number of carbonyl (C=O) groups is 1. The van der Waals surface area contributed by atoms with Gasteiger partial charge in [-0.15, -0.1) is 0 Å². The molecule has 0 unspecified atom stereocenters. The third kappa shape index (κ3) is 3.63. The van der Waals surface area contributed by atoms with Crippen LogP contribution in [0.1, 0.15) is 55.5 Å². The summed E-state index contributed by atoms with van der Waals surface area (Å²) < 4.78 is 0.974. The van der Waals surface area contributed by atoms with E-state index in [2.05, 4.69) is 34.7 Å². The van der Waals surface area contributed by atoms with Gasteiger partial charge in [-0.2, -0.15) is 0 Å². The van der Waals surface area contributed by atoms with Gasteiger partial charge in [0.1, 0.15) is 0 Å². The number of aryl methyl sites for hydroxylation is 1. The van der Waals surface area contributed by atoms with Crippen LogP contribution < -0.4 is 0 Å². The number of benzene rings is 1. The molecule has 0 aromatic heterocycles. The average molecular weight is 338 g/mol. The molecule has 0 radical (unpaired) electrons. The Morgan fingerprint density at radius 2 is 2.00 bits per heavy atom. The summed E-state index contributed by atoms with van der Waals surface area (Å²) in [5, 5.41) is 0. The largest absolute Gasteiger partial charge is 0.335 e. The fraction of sp³-hybridized carbons (Fsp3) is 0.588. The van der Waals surface area contributed by atoms with Crippen molar-refractivity contribution in [3.8, 4) is 0 Å². The summed E-state index contributed by atoms with van der Waals surface area (Å²) in [5.41, 5.74) is 1.90. The molecule has 0 aliphatic heterocycles. The first-order chi connectivity index (χ1) is 9.49. The first-order valence-corrected chi connectivity index (χ1v) is 8.35. The summed E-state index contributed by atoms with van der Waals surface area (Å²) in [6.07, 6.45) is 4.82. The van der Waals surface area contributed by atoms with E-state index in [1.165, 1.54) is 12.8 Å². The van der Waals surface area contributed by atoms with Crippen molar-refractivity contribution >= 4 is 21.8 Å². The van der Waals surface area contributed by atoms with Gasteiger partial charge >= 0.3 is 0 Å². The standard InChI is InChI=1S/C17H24BrNO/c1-12(2)11-19(15-6-4-5-7-15)17(20)16-10-14(18)9-8-13(16)3/h8-10,12,15H,4-7,11H2,1-3H3. The van der Waals surface area contributed by atoms with Crippen LogP contribution in [0.4, 0.5) is 0 Å². The lowest BCUT2D eigenvalue weighted by Gasteiger charge is -2.31. The fourth-order valence-electron chi connectivity index (χ4n) is 2.99. The first kappa shape index (κ1) is 15.6. The van der Waals surface area contributed by atoms with Gasteiger partial charge < -0.3 is 4.90 Å². The second-order valence-electron chi connectivity index (χ2n) is 6.25. The summed E-state index contributed by atoms with van der Waals surface area (Å²) in [5.74, 6) is 0.705. The van der Waals surface area contributed by atoms with Crippen LogP contribution in [0.2, 0.25) is 0 Å². The zero-order valence-electron chi connectivity index (χ0n) is 12.7. The van der Waals surface area contributed by atoms with Crippen molar-refractivity contribution in [1.29, 1.82) is 0 Å². The highest BCUT2D eigenvalue weighted by atomic mass is 79.9. The Bertz CT molecular complexity index is 478. The van der Waals surface area contributed by atoms with E-state index < -0.39 is 0 Å². The quantitative estimate of drug-likeness (QED) is 0.772. The van der Waals surface area contributed by atoms with Gasteiger partial charge in [0.2, 0.25) is 0 Å². The number of rotatable bonds is 4. The molecule has 0 spiro atoms. The Kier molecular flexibility index (Phi) is 5.25. The van der Waals surface area contributed by atoms with Crippen LogP contribution in [0, 0.1) is 12.8 Å². The molecule has 20 heavy (non-hydrogen) atoms. The van der Waals surface area contributed by atoms with Gasteiger partial charge in [-0.25, -0.2) is 0 Å². The molecule has 0 N–H and O–H groups in total. The van der Waals surface area contributed by atoms with Gasteiger partial charge in [-0.1, -0.05) is 48.7 Å². The van der Waals surface area contributed by atoms with Crippen molar-refractivity contribution in [2.45, 2.75) is 52.5 Å². The number of hydrogen-bond acceptors (Lipinski definition) is 1. The van der Waals surface area contributed by atoms with Crippen molar-refractivity contribution in [2.24, 2.45) is 5.92 Å². The topological polar surface area (TPSA) is 20.3 Å². The highest BCUT2D eigenvalue weighted by Gasteiger charge is 2.28. The molecule has 1 amide bonds. The van der Waals surface area contributed by atoms with E-state index in [9.17, 15) is 4.79 Å². The Balaban J connectivity index is 2.27. The summed E-state index contributed by atoms with van der Waals surface area (Å²) in [4.78, 5) is 15.1. The third-order valence-corrected chi connectivity index (χ3v) is 4.51. The monoisotopic (exact) mass is 337 g/mol. The molecule has 1 aromatic rings. The lowest BCUT2D eigenvalue weighted by Crippen LogP contribution is -2.41. The zero-order valence-corrected chi connectivity index (χ0v) is 14.2. The molecule has 0 saturated heterocycles. The minimum Gasteiger partial charge on any atom is -0.335 e. The van der Waals surface area contributed by atoms with Gasteiger partial charge in [-0.05, 0) is 43.4 Å². The molecule has 1 fully saturated rings. The summed E-state index contributed by atoms with van der Waals surface area (Å²) in [6, 6.07) is 6.40. The fourth-order valence-corrected chi connectivity index (χ4v) is 3.35. The third-order valence-electron chi connectivity index (χ3n) is 4.02. The van der Waals surface area contributed by atoms with E-state index in [4.69, 9.17) is 0 Å². The van der Waals surface area contributed by atoms with E-state index in [0.29, 0.717) is 12.0 Å². The molecule has 110 valence electrons. The normalized spacial score (nSPS) is 15.8. The highest BCUT2D eigenvalue weighted by molar-refractivity contribution is 9.10. The molecule has 2 nitrogen and oxygen atoms in total. The molecule has 3 heteroatoms. The number of hydrogen-bond donors (Lipinski definition) is 0. The van der Waals surface area contributed by atoms with Gasteiger partial charge in [0, 0.05) is 22.6 Å². The van der Waals surface area contributed by atoms with E-state index in [1.54, 1.807) is 0 Å². The maximum Gasteiger partial charge on any atom is 0.254 e. The molecular formula is C17H24BrNO. The number of carbonyl (C=O) groups excluding carboxylic acids is 1. The molecular weight excluding hydrogens is 314 g/mol. The molecule has 0 bridgehead atoms. The second-order valence-corrected chi connectivity index (χ2v) is 7.16. The van der Waals surface area contributed by atoms with E-state index in [-0.39, 0.29) is 5.91 Å². The van der Waals surface area contributed by atoms with Crippen LogP contribution in [-0.2, 0) is 0 Å². The predicted octanol–water partition coefficient (Wildman–Crippen LogP) is 4.80. The van der Waals surface area contributed by atoms with E-state index in [1.807, 2.05) is 25.1 Å². The summed E-state index contributed by atoms with van der Waals surface area (Å²) in [6.45, 7) is 7.24. The van der Waals surface area contributed by atoms with Crippen LogP contribution in [0.5, 0.6) is 0 Å². The van der Waals surface area contributed by atoms with E-state index >= 15 is 0 Å². The van der Waals surface area contributed by atoms with Crippen LogP contribution in [0.15, 0.2) is 22.7 Å². The maximum atomic E-state index is 12.9. The highest BCUT2D eigenvalue weighted by Crippen LogP contribution is 2.27. The zero-order chi connectivity index (χ0) is 14.7. The smallest absolute Gasteiger partial charge is 0.254 e. The Morgan fingerprint density at radius 1 is 1.35 bits per heavy atom. The van der Waals surface area contributed by atoms with Gasteiger partial charge in [0.25, 0.3) is 5.91 Å². The lowest BCUT2D eigenvalue weighted by atomic mass is 10.0. The molecule has 0 atom stereocenters. The van der Waals surface area contributed by atoms with Crippen molar-refractivity contribution in [1.82, 2.24) is 4.90 Å². The predicted molar refractivity (Wildman–Crippen MR) is 87.0 cm³/mol. The van der Waals surface area contributed by atoms with Crippen molar-refractivity contribution in [3.63, 3.8) is 0 Å². The first-order valence-electron chi connectivity index (χ1n) is 7.56. The number of halogens is 1. The molecule has 1 aliphatic carbocycles. The average Bonchev–Trinajstić information content (AvgIpc) is 2.91. The van der Waals surface area contributed by atoms with Crippen LogP contribution in [0.3, 0.4) is 0 Å². The van der Waals surface area contributed by atoms with E-state index in [0.717, 1.165) is 35.0 Å². The minimum atomic E-state index is 0.199. The van der Waals surface area contributed by atoms with Gasteiger partial charge in [-0.3, -0.25) is 4.79 Å². The van der Waals surface area contributed by atoms with Crippen LogP contribution in [-0.4, -0.2) is 23.4 Å². The minimum absolute atomic E-state index is 0.199. The van der Waals surface area contributed by atoms with Crippen molar-refractivity contribution in [2.75, 3.05) is 6.54 Å². The number of nitrogens with zero attached hydrogens (tertiary/aromatic N) is 1. The Morgan fingerprint density at radius 3 is 2.60 bits per heavy atom. The van der Waals surface area contributed by atoms with Crippen LogP contribution in [0.25, 0.3) is 0 Å². The Labute approximate surface area is 130 Å².